The van der Waals surface area contributed by atoms with Gasteiger partial charge in [-0.3, -0.25) is 0 Å². The van der Waals surface area contributed by atoms with E-state index in [4.69, 9.17) is 4.42 Å². The van der Waals surface area contributed by atoms with E-state index in [-0.39, 0.29) is 0 Å². The second kappa shape index (κ2) is 4.13. The number of nitrogens with zero attached hydrogens (tertiary/aromatic N) is 2. The number of hydrogen-bond donors (Lipinski definition) is 1. The van der Waals surface area contributed by atoms with Crippen LogP contribution in [0.1, 0.15) is 12.5 Å². The fraction of sp³-hybridized carbons (Fsp3) is 0.273. The first-order valence-electron chi connectivity index (χ1n) is 4.91. The Kier molecular flexibility index (Phi) is 2.67. The Morgan fingerprint density at radius 3 is 2.87 bits per heavy atom. The van der Waals surface area contributed by atoms with E-state index in [9.17, 15) is 0 Å². The van der Waals surface area contributed by atoms with Crippen LogP contribution in [0.25, 0.3) is 11.3 Å². The van der Waals surface area contributed by atoms with Gasteiger partial charge in [0, 0.05) is 18.2 Å². The zero-order valence-electron chi connectivity index (χ0n) is 8.82. The van der Waals surface area contributed by atoms with Gasteiger partial charge < -0.3 is 9.73 Å². The predicted molar refractivity (Wildman–Crippen MR) is 58.7 cm³/mol. The molecule has 2 aromatic rings. The van der Waals surface area contributed by atoms with Crippen molar-refractivity contribution in [1.82, 2.24) is 9.97 Å². The Morgan fingerprint density at radius 2 is 2.27 bits per heavy atom. The lowest BCUT2D eigenvalue weighted by atomic mass is 10.1. The van der Waals surface area contributed by atoms with Crippen LogP contribution in [-0.2, 0) is 6.42 Å². The third-order valence-electron chi connectivity index (χ3n) is 2.33. The van der Waals surface area contributed by atoms with Gasteiger partial charge in [0.05, 0.1) is 18.2 Å². The summed E-state index contributed by atoms with van der Waals surface area (Å²) in [4.78, 5) is 8.48. The summed E-state index contributed by atoms with van der Waals surface area (Å²) < 4.78 is 5.06. The van der Waals surface area contributed by atoms with Crippen molar-refractivity contribution in [3.8, 4) is 11.3 Å². The first-order chi connectivity index (χ1) is 7.36. The number of furan rings is 1. The zero-order valence-corrected chi connectivity index (χ0v) is 8.82. The fourth-order valence-corrected chi connectivity index (χ4v) is 1.61. The molecule has 2 rings (SSSR count). The van der Waals surface area contributed by atoms with Crippen molar-refractivity contribution in [2.75, 3.05) is 12.4 Å². The SMILES string of the molecule is CCc1c(NC)ncnc1-c1ccoc1. The van der Waals surface area contributed by atoms with Crippen LogP contribution in [0, 0.1) is 0 Å². The lowest BCUT2D eigenvalue weighted by Gasteiger charge is -2.09. The second-order valence-corrected chi connectivity index (χ2v) is 3.17. The van der Waals surface area contributed by atoms with Crippen molar-refractivity contribution in [2.24, 2.45) is 0 Å². The quantitative estimate of drug-likeness (QED) is 0.831. The average molecular weight is 203 g/mol. The Bertz CT molecular complexity index is 437. The molecule has 2 heterocycles. The summed E-state index contributed by atoms with van der Waals surface area (Å²) in [6, 6.07) is 1.90. The molecule has 0 saturated heterocycles. The van der Waals surface area contributed by atoms with Gasteiger partial charge in [-0.1, -0.05) is 6.92 Å². The van der Waals surface area contributed by atoms with E-state index in [1.165, 1.54) is 0 Å². The van der Waals surface area contributed by atoms with Crippen molar-refractivity contribution < 1.29 is 4.42 Å². The molecule has 1 N–H and O–H groups in total. The summed E-state index contributed by atoms with van der Waals surface area (Å²) in [7, 11) is 1.86. The van der Waals surface area contributed by atoms with Crippen LogP contribution in [0.2, 0.25) is 0 Å². The highest BCUT2D eigenvalue weighted by Gasteiger charge is 2.10. The summed E-state index contributed by atoms with van der Waals surface area (Å²) >= 11 is 0. The summed E-state index contributed by atoms with van der Waals surface area (Å²) in [5.74, 6) is 0.878. The molecular weight excluding hydrogens is 190 g/mol. The normalized spacial score (nSPS) is 10.3. The Balaban J connectivity index is 2.56. The summed E-state index contributed by atoms with van der Waals surface area (Å²) in [5, 5.41) is 3.07. The molecule has 0 aliphatic carbocycles. The Labute approximate surface area is 88.4 Å². The van der Waals surface area contributed by atoms with Crippen molar-refractivity contribution >= 4 is 5.82 Å². The number of rotatable bonds is 3. The van der Waals surface area contributed by atoms with E-state index in [1.54, 1.807) is 18.9 Å². The van der Waals surface area contributed by atoms with Crippen LogP contribution in [0.3, 0.4) is 0 Å². The topological polar surface area (TPSA) is 51.0 Å². The zero-order chi connectivity index (χ0) is 10.7. The smallest absolute Gasteiger partial charge is 0.132 e. The lowest BCUT2D eigenvalue weighted by Crippen LogP contribution is -2.01. The van der Waals surface area contributed by atoms with E-state index in [2.05, 4.69) is 22.2 Å². The molecule has 0 spiro atoms. The van der Waals surface area contributed by atoms with Gasteiger partial charge in [0.2, 0.25) is 0 Å². The van der Waals surface area contributed by atoms with Crippen molar-refractivity contribution in [2.45, 2.75) is 13.3 Å². The van der Waals surface area contributed by atoms with E-state index in [1.807, 2.05) is 13.1 Å². The molecule has 2 aromatic heterocycles. The van der Waals surface area contributed by atoms with Crippen LogP contribution in [0.4, 0.5) is 5.82 Å². The van der Waals surface area contributed by atoms with Crippen LogP contribution >= 0.6 is 0 Å². The molecule has 15 heavy (non-hydrogen) atoms. The molecule has 0 fully saturated rings. The standard InChI is InChI=1S/C11H13N3O/c1-3-9-10(8-4-5-15-6-8)13-7-14-11(9)12-2/h4-7H,3H2,1-2H3,(H,12,13,14). The molecule has 0 atom stereocenters. The van der Waals surface area contributed by atoms with Gasteiger partial charge in [-0.15, -0.1) is 0 Å². The van der Waals surface area contributed by atoms with Gasteiger partial charge in [0.25, 0.3) is 0 Å². The number of aromatic nitrogens is 2. The number of anilines is 1. The van der Waals surface area contributed by atoms with E-state index >= 15 is 0 Å². The first-order valence-corrected chi connectivity index (χ1v) is 4.91. The maximum absolute atomic E-state index is 5.06. The second-order valence-electron chi connectivity index (χ2n) is 3.17. The molecule has 78 valence electrons. The molecular formula is C11H13N3O. The number of nitrogens with one attached hydrogen (secondary N) is 1. The minimum atomic E-state index is 0.878. The van der Waals surface area contributed by atoms with Crippen LogP contribution in [0.5, 0.6) is 0 Å². The molecule has 0 unspecified atom stereocenters. The highest BCUT2D eigenvalue weighted by molar-refractivity contribution is 5.67. The molecule has 0 saturated carbocycles. The summed E-state index contributed by atoms with van der Waals surface area (Å²) in [5.41, 5.74) is 3.04. The minimum Gasteiger partial charge on any atom is -0.472 e. The van der Waals surface area contributed by atoms with Crippen LogP contribution in [-0.4, -0.2) is 17.0 Å². The summed E-state index contributed by atoms with van der Waals surface area (Å²) in [6.45, 7) is 2.09. The van der Waals surface area contributed by atoms with Gasteiger partial charge in [-0.05, 0) is 12.5 Å². The van der Waals surface area contributed by atoms with E-state index in [0.29, 0.717) is 0 Å². The Morgan fingerprint density at radius 1 is 1.40 bits per heavy atom. The molecule has 0 bridgehead atoms. The highest BCUT2D eigenvalue weighted by Crippen LogP contribution is 2.25. The average Bonchev–Trinajstić information content (AvgIpc) is 2.81. The van der Waals surface area contributed by atoms with Crippen molar-refractivity contribution in [3.63, 3.8) is 0 Å². The third-order valence-corrected chi connectivity index (χ3v) is 2.33. The van der Waals surface area contributed by atoms with Gasteiger partial charge in [0.15, 0.2) is 0 Å². The summed E-state index contributed by atoms with van der Waals surface area (Å²) in [6.07, 6.45) is 5.79. The van der Waals surface area contributed by atoms with Crippen LogP contribution < -0.4 is 5.32 Å². The molecule has 0 aliphatic heterocycles. The lowest BCUT2D eigenvalue weighted by molar-refractivity contribution is 0.568. The van der Waals surface area contributed by atoms with Gasteiger partial charge in [0.1, 0.15) is 12.1 Å². The largest absolute Gasteiger partial charge is 0.472 e. The minimum absolute atomic E-state index is 0.878. The van der Waals surface area contributed by atoms with Gasteiger partial charge in [-0.2, -0.15) is 0 Å². The van der Waals surface area contributed by atoms with Gasteiger partial charge >= 0.3 is 0 Å². The predicted octanol–water partition coefficient (Wildman–Crippen LogP) is 2.34. The fourth-order valence-electron chi connectivity index (χ4n) is 1.61. The van der Waals surface area contributed by atoms with Crippen molar-refractivity contribution in [1.29, 1.82) is 0 Å². The molecule has 0 radical (unpaired) electrons. The molecule has 0 aliphatic rings. The third kappa shape index (κ3) is 1.70. The molecule has 0 amide bonds. The Hall–Kier alpha value is -1.84. The highest BCUT2D eigenvalue weighted by atomic mass is 16.3. The molecule has 4 heteroatoms. The van der Waals surface area contributed by atoms with Gasteiger partial charge in [-0.25, -0.2) is 9.97 Å². The van der Waals surface area contributed by atoms with Crippen LogP contribution in [0.15, 0.2) is 29.3 Å². The molecule has 4 nitrogen and oxygen atoms in total. The maximum Gasteiger partial charge on any atom is 0.132 e. The van der Waals surface area contributed by atoms with E-state index in [0.717, 1.165) is 29.1 Å². The molecule has 0 aromatic carbocycles. The first kappa shape index (κ1) is 9.71. The van der Waals surface area contributed by atoms with E-state index < -0.39 is 0 Å². The monoisotopic (exact) mass is 203 g/mol. The van der Waals surface area contributed by atoms with Crippen molar-refractivity contribution in [3.05, 3.63) is 30.5 Å². The maximum atomic E-state index is 5.06. The number of hydrogen-bond acceptors (Lipinski definition) is 4.